The fraction of sp³-hybridized carbons (Fsp3) is 0. The Labute approximate surface area is 276 Å². The van der Waals surface area contributed by atoms with E-state index in [4.69, 9.17) is 0 Å². The summed E-state index contributed by atoms with van der Waals surface area (Å²) in [6.45, 7) is 0. The standard InChI is InChI=1S/2C10H8N2.C7H6O5S.8H2O.Zn/c2*1-5-11-6-2-9(1)10-3-7-12-8-4-10;8-7(9)5-1-3-6(4-2-5)13(10,11)12;;;;;;;;;/h2*1-8H;1-4H,(H,8,9)(H,10,11,12);8*1H2;/q;;;;;;;;;;;+2/p+2. The first-order chi connectivity index (χ1) is 17.8. The Balaban J connectivity index is -0.0000000904. The van der Waals surface area contributed by atoms with Gasteiger partial charge in [0.15, 0.2) is 0 Å². The van der Waals surface area contributed by atoms with Crippen molar-refractivity contribution in [1.29, 1.82) is 0 Å². The van der Waals surface area contributed by atoms with Gasteiger partial charge in [0.05, 0.1) is 10.9 Å². The molecule has 0 aliphatic heterocycles. The molecule has 46 heavy (non-hydrogen) atoms. The van der Waals surface area contributed by atoms with Gasteiger partial charge in [-0.25, -0.2) is 8.42 Å². The van der Waals surface area contributed by atoms with Crippen molar-refractivity contribution in [3.8, 4) is 22.3 Å². The number of pyridine rings is 4. The molecule has 0 aliphatic rings. The quantitative estimate of drug-likeness (QED) is 0.0996. The normalized spacial score (nSPS) is 8.20. The van der Waals surface area contributed by atoms with Gasteiger partial charge in [0.1, 0.15) is 10.1 Å². The minimum absolute atomic E-state index is 0. The number of carboxylic acids is 1. The molecule has 0 radical (unpaired) electrons. The first kappa shape index (κ1) is 57.2. The molecule has 4 heterocycles. The predicted octanol–water partition coefficient (Wildman–Crippen LogP) is -3.75. The molecule has 250 valence electrons. The van der Waals surface area contributed by atoms with Crippen molar-refractivity contribution in [3.05, 3.63) is 128 Å². The predicted molar refractivity (Wildman–Crippen MR) is 168 cm³/mol. The van der Waals surface area contributed by atoms with Gasteiger partial charge >= 0.3 is 19.5 Å². The summed E-state index contributed by atoms with van der Waals surface area (Å²) in [6, 6.07) is 19.7. The van der Waals surface area contributed by atoms with Crippen molar-refractivity contribution >= 4 is 16.1 Å². The van der Waals surface area contributed by atoms with Gasteiger partial charge in [-0.1, -0.05) is 12.1 Å². The van der Waals surface area contributed by atoms with Gasteiger partial charge < -0.3 is 58.3 Å². The first-order valence-electron chi connectivity index (χ1n) is 10.7. The summed E-state index contributed by atoms with van der Waals surface area (Å²) in [7, 11) is -4.51. The van der Waals surface area contributed by atoms with E-state index in [0.717, 1.165) is 24.3 Å². The zero-order valence-corrected chi connectivity index (χ0v) is 28.1. The smallest absolute Gasteiger partial charge is 0.744 e. The second kappa shape index (κ2) is 29.2. The van der Waals surface area contributed by atoms with Crippen LogP contribution < -0.4 is 5.11 Å². The summed E-state index contributed by atoms with van der Waals surface area (Å²) >= 11 is 0. The fourth-order valence-electron chi connectivity index (χ4n) is 2.94. The zero-order valence-electron chi connectivity index (χ0n) is 24.3. The molecular formula is C27H40N4O13SZn+4. The maximum atomic E-state index is 10.4. The topological polar surface area (TPSA) is 407 Å². The molecule has 0 spiro atoms. The Hall–Kier alpha value is -4.50. The minimum atomic E-state index is -4.51. The van der Waals surface area contributed by atoms with Crippen LogP contribution in [0.2, 0.25) is 0 Å². The molecule has 5 rings (SSSR count). The number of rotatable bonds is 4. The van der Waals surface area contributed by atoms with Gasteiger partial charge in [-0.2, -0.15) is 0 Å². The van der Waals surface area contributed by atoms with Crippen LogP contribution in [0.5, 0.6) is 0 Å². The molecule has 0 atom stereocenters. The summed E-state index contributed by atoms with van der Waals surface area (Å²) in [5, 5.41) is 10.2. The largest absolute Gasteiger partial charge is 2.00 e. The van der Waals surface area contributed by atoms with Gasteiger partial charge in [-0.15, -0.1) is 0 Å². The third-order valence-corrected chi connectivity index (χ3v) is 5.62. The van der Waals surface area contributed by atoms with Gasteiger partial charge in [-0.05, 0) is 88.5 Å². The Morgan fingerprint density at radius 2 is 0.696 bits per heavy atom. The molecule has 19 heteroatoms. The number of benzene rings is 1. The molecule has 17 nitrogen and oxygen atoms in total. The Morgan fingerprint density at radius 3 is 0.870 bits per heavy atom. The van der Waals surface area contributed by atoms with E-state index in [-0.39, 0.29) is 68.9 Å². The molecule has 0 fully saturated rings. The van der Waals surface area contributed by atoms with E-state index in [9.17, 15) is 22.9 Å². The number of carboxylic acid groups (broad SMARTS) is 1. The van der Waals surface area contributed by atoms with Crippen molar-refractivity contribution in [2.45, 2.75) is 4.90 Å². The number of nitrogens with zero attached hydrogens (tertiary/aromatic N) is 4. The van der Waals surface area contributed by atoms with Crippen molar-refractivity contribution in [2.75, 3.05) is 0 Å². The molecule has 1 aromatic carbocycles. The summed E-state index contributed by atoms with van der Waals surface area (Å²) < 4.78 is 31.2. The molecule has 0 saturated carbocycles. The minimum Gasteiger partial charge on any atom is -0.744 e. The average molecular weight is 726 g/mol. The fourth-order valence-corrected chi connectivity index (χ4v) is 3.40. The zero-order chi connectivity index (χ0) is 26.5. The van der Waals surface area contributed by atoms with Crippen LogP contribution in [0.4, 0.5) is 0 Å². The second-order valence-electron chi connectivity index (χ2n) is 7.21. The molecule has 5 aromatic rings. The number of hydrogen-bond acceptors (Lipinski definition) is 9. The van der Waals surface area contributed by atoms with Crippen molar-refractivity contribution in [3.63, 3.8) is 0 Å². The van der Waals surface area contributed by atoms with E-state index in [1.165, 1.54) is 22.3 Å². The molecule has 0 amide bonds. The van der Waals surface area contributed by atoms with E-state index >= 15 is 0 Å². The van der Waals surface area contributed by atoms with Gasteiger partial charge in [-0.3, -0.25) is 19.9 Å². The summed E-state index contributed by atoms with van der Waals surface area (Å²) in [6.07, 6.45) is 14.3. The molecule has 0 saturated heterocycles. The first-order valence-corrected chi connectivity index (χ1v) is 12.1. The Morgan fingerprint density at radius 1 is 0.478 bits per heavy atom. The van der Waals surface area contributed by atoms with Crippen molar-refractivity contribution < 1.29 is 86.2 Å². The van der Waals surface area contributed by atoms with Gasteiger partial charge in [0.2, 0.25) is 0 Å². The molecule has 0 bridgehead atoms. The van der Waals surface area contributed by atoms with E-state index in [1.54, 1.807) is 49.6 Å². The number of hydrogen-bond donors (Lipinski definition) is 0. The third-order valence-electron chi connectivity index (χ3n) is 4.77. The van der Waals surface area contributed by atoms with Crippen molar-refractivity contribution in [2.24, 2.45) is 0 Å². The van der Waals surface area contributed by atoms with Crippen LogP contribution in [0.3, 0.4) is 0 Å². The molecule has 0 aliphatic carbocycles. The number of carbonyl (C=O) groups is 1. The van der Waals surface area contributed by atoms with Crippen LogP contribution in [0.15, 0.2) is 127 Å². The Bertz CT molecular complexity index is 1360. The average Bonchev–Trinajstić information content (AvgIpc) is 2.95. The number of carbonyl (C=O) groups excluding carboxylic acids is 1. The van der Waals surface area contributed by atoms with Gasteiger partial charge in [0.25, 0.3) is 0 Å². The molecule has 0 unspecified atom stereocenters. The van der Waals surface area contributed by atoms with Crippen LogP contribution in [0, 0.1) is 0 Å². The summed E-state index contributed by atoms with van der Waals surface area (Å²) in [5.74, 6) is -1.42. The molecule has 4 aromatic heterocycles. The monoisotopic (exact) mass is 724 g/mol. The Kier molecular flexibility index (Phi) is 36.3. The van der Waals surface area contributed by atoms with Crippen LogP contribution in [0.25, 0.3) is 22.3 Å². The van der Waals surface area contributed by atoms with E-state index < -0.39 is 21.0 Å². The van der Waals surface area contributed by atoms with Crippen molar-refractivity contribution in [1.82, 2.24) is 19.9 Å². The van der Waals surface area contributed by atoms with Crippen LogP contribution >= 0.6 is 0 Å². The number of aromatic carboxylic acids is 1. The van der Waals surface area contributed by atoms with E-state index in [2.05, 4.69) is 19.9 Å². The van der Waals surface area contributed by atoms with Crippen LogP contribution in [-0.2, 0) is 51.5 Å². The maximum absolute atomic E-state index is 10.4. The maximum Gasteiger partial charge on any atom is 2.00 e. The third kappa shape index (κ3) is 19.0. The van der Waals surface area contributed by atoms with Gasteiger partial charge in [0, 0.05) is 49.6 Å². The van der Waals surface area contributed by atoms with E-state index in [1.807, 2.05) is 48.5 Å². The SMILES string of the molecule is O.O.O.O.O=C([O-])c1ccc(S(=O)(=O)[O-])cc1.[OH3+].[OH3+].[OH3+].[OH3+].[Zn+2].c1cc(-c2ccncc2)ccn1.c1cc(-c2ccncc2)ccn1. The van der Waals surface area contributed by atoms with Crippen LogP contribution in [0.1, 0.15) is 10.4 Å². The molecular weight excluding hydrogens is 686 g/mol. The van der Waals surface area contributed by atoms with E-state index in [0.29, 0.717) is 0 Å². The summed E-state index contributed by atoms with van der Waals surface area (Å²) in [4.78, 5) is 25.6. The summed E-state index contributed by atoms with van der Waals surface area (Å²) in [5.41, 5.74) is 4.52. The molecule has 20 N–H and O–H groups in total. The van der Waals surface area contributed by atoms with Crippen LogP contribution in [-0.4, -0.2) is 60.8 Å². The second-order valence-corrected chi connectivity index (χ2v) is 8.59. The number of aromatic nitrogens is 4.